The molecule has 0 radical (unpaired) electrons. The number of hydrogen-bond acceptors (Lipinski definition) is 5. The fraction of sp³-hybridized carbons (Fsp3) is 0.0417. The molecule has 0 unspecified atom stereocenters. The van der Waals surface area contributed by atoms with Gasteiger partial charge in [0.25, 0.3) is 5.56 Å². The van der Waals surface area contributed by atoms with Gasteiger partial charge in [0, 0.05) is 40.9 Å². The van der Waals surface area contributed by atoms with E-state index in [2.05, 4.69) is 9.97 Å². The lowest BCUT2D eigenvalue weighted by Gasteiger charge is -2.14. The first-order valence-corrected chi connectivity index (χ1v) is 9.45. The maximum Gasteiger partial charge on any atom is 0.255 e. The largest absolute Gasteiger partial charge is 0.497 e. The van der Waals surface area contributed by atoms with Crippen molar-refractivity contribution in [3.8, 4) is 22.6 Å². The average Bonchev–Trinajstić information content (AvgIpc) is 2.79. The van der Waals surface area contributed by atoms with Crippen LogP contribution in [0.4, 0.5) is 5.82 Å². The Bertz CT molecular complexity index is 1460. The summed E-state index contributed by atoms with van der Waals surface area (Å²) in [6.07, 6.45) is 3.53. The molecule has 0 aliphatic heterocycles. The molecule has 3 aromatic heterocycles. The Kier molecular flexibility index (Phi) is 4.17. The molecule has 5 rings (SSSR count). The number of fused-ring (bicyclic) bond motifs is 3. The second kappa shape index (κ2) is 7.00. The van der Waals surface area contributed by atoms with Crippen LogP contribution in [0.5, 0.6) is 5.75 Å². The number of nitrogens with two attached hydrogens (primary N) is 1. The number of hydrogen-bond donors (Lipinski definition) is 1. The summed E-state index contributed by atoms with van der Waals surface area (Å²) in [5, 5.41) is 1.75. The van der Waals surface area contributed by atoms with Crippen LogP contribution in [0.2, 0.25) is 0 Å². The number of aromatic nitrogens is 3. The van der Waals surface area contributed by atoms with E-state index in [1.807, 2.05) is 48.5 Å². The summed E-state index contributed by atoms with van der Waals surface area (Å²) in [4.78, 5) is 21.7. The minimum atomic E-state index is -0.122. The molecule has 0 amide bonds. The molecular weight excluding hydrogens is 376 g/mol. The molecule has 6 heteroatoms. The van der Waals surface area contributed by atoms with Crippen molar-refractivity contribution >= 4 is 27.6 Å². The van der Waals surface area contributed by atoms with Crippen molar-refractivity contribution in [1.82, 2.24) is 14.5 Å². The van der Waals surface area contributed by atoms with Crippen LogP contribution in [0.15, 0.2) is 83.9 Å². The van der Waals surface area contributed by atoms with Crippen molar-refractivity contribution in [3.05, 3.63) is 89.5 Å². The highest BCUT2D eigenvalue weighted by Gasteiger charge is 2.12. The third-order valence-corrected chi connectivity index (χ3v) is 5.15. The Labute approximate surface area is 172 Å². The fourth-order valence-corrected chi connectivity index (χ4v) is 3.67. The van der Waals surface area contributed by atoms with Gasteiger partial charge < -0.3 is 10.5 Å². The van der Waals surface area contributed by atoms with Crippen LogP contribution in [0, 0.1) is 0 Å². The van der Waals surface area contributed by atoms with Gasteiger partial charge in [-0.25, -0.2) is 4.98 Å². The summed E-state index contributed by atoms with van der Waals surface area (Å²) in [6.45, 7) is 0. The van der Waals surface area contributed by atoms with Crippen LogP contribution in [-0.2, 0) is 0 Å². The maximum atomic E-state index is 12.9. The number of nitrogen functional groups attached to an aromatic ring is 1. The summed E-state index contributed by atoms with van der Waals surface area (Å²) < 4.78 is 7.06. The van der Waals surface area contributed by atoms with Gasteiger partial charge in [0.1, 0.15) is 11.6 Å². The van der Waals surface area contributed by atoms with Crippen LogP contribution in [-0.4, -0.2) is 21.6 Å². The molecule has 0 saturated carbocycles. The molecule has 30 heavy (non-hydrogen) atoms. The molecule has 6 nitrogen and oxygen atoms in total. The molecule has 3 heterocycles. The van der Waals surface area contributed by atoms with Crippen LogP contribution >= 0.6 is 0 Å². The predicted octanol–water partition coefficient (Wildman–Crippen LogP) is 4.19. The topological polar surface area (TPSA) is 83.0 Å². The SMILES string of the molecule is COc1cccc(-n2c(=O)ccc3cnc4ccc(-c5ccc(N)nc5)cc4c32)c1. The van der Waals surface area contributed by atoms with Crippen LogP contribution in [0.1, 0.15) is 0 Å². The summed E-state index contributed by atoms with van der Waals surface area (Å²) in [6, 6.07) is 20.5. The second-order valence-electron chi connectivity index (χ2n) is 6.97. The predicted molar refractivity (Wildman–Crippen MR) is 119 cm³/mol. The van der Waals surface area contributed by atoms with E-state index in [1.165, 1.54) is 0 Å². The molecule has 0 spiro atoms. The smallest absolute Gasteiger partial charge is 0.255 e. The molecule has 0 aliphatic rings. The fourth-order valence-electron chi connectivity index (χ4n) is 3.67. The first kappa shape index (κ1) is 17.9. The molecule has 2 N–H and O–H groups in total. The zero-order valence-corrected chi connectivity index (χ0v) is 16.2. The molecule has 2 aromatic carbocycles. The standard InChI is InChI=1S/C24H18N4O2/c1-30-19-4-2-3-18(12-19)28-23(29)10-7-17-14-26-21-8-5-15(11-20(21)24(17)28)16-6-9-22(25)27-13-16/h2-14H,1H3,(H2,25,27). The van der Waals surface area contributed by atoms with Crippen molar-refractivity contribution in [1.29, 1.82) is 0 Å². The van der Waals surface area contributed by atoms with Crippen molar-refractivity contribution in [2.45, 2.75) is 0 Å². The highest BCUT2D eigenvalue weighted by Crippen LogP contribution is 2.30. The molecular formula is C24H18N4O2. The molecule has 0 atom stereocenters. The highest BCUT2D eigenvalue weighted by molar-refractivity contribution is 6.05. The quantitative estimate of drug-likeness (QED) is 0.464. The van der Waals surface area contributed by atoms with E-state index in [0.717, 1.165) is 38.6 Å². The van der Waals surface area contributed by atoms with E-state index < -0.39 is 0 Å². The number of benzene rings is 2. The Balaban J connectivity index is 1.85. The van der Waals surface area contributed by atoms with Gasteiger partial charge in [0.15, 0.2) is 0 Å². The molecule has 0 bridgehead atoms. The molecule has 146 valence electrons. The summed E-state index contributed by atoms with van der Waals surface area (Å²) >= 11 is 0. The van der Waals surface area contributed by atoms with Gasteiger partial charge in [-0.15, -0.1) is 0 Å². The number of nitrogens with zero attached hydrogens (tertiary/aromatic N) is 3. The van der Waals surface area contributed by atoms with Crippen molar-refractivity contribution in [2.75, 3.05) is 12.8 Å². The minimum absolute atomic E-state index is 0.122. The Hall–Kier alpha value is -4.19. The van der Waals surface area contributed by atoms with Gasteiger partial charge in [0.05, 0.1) is 23.8 Å². The Morgan fingerprint density at radius 3 is 2.57 bits per heavy atom. The third-order valence-electron chi connectivity index (χ3n) is 5.15. The van der Waals surface area contributed by atoms with Gasteiger partial charge in [-0.1, -0.05) is 12.1 Å². The van der Waals surface area contributed by atoms with E-state index in [0.29, 0.717) is 11.6 Å². The number of rotatable bonds is 3. The molecule has 0 fully saturated rings. The summed E-state index contributed by atoms with van der Waals surface area (Å²) in [5.74, 6) is 1.15. The van der Waals surface area contributed by atoms with Crippen LogP contribution in [0.3, 0.4) is 0 Å². The molecule has 0 saturated heterocycles. The summed E-state index contributed by atoms with van der Waals surface area (Å²) in [7, 11) is 1.61. The lowest BCUT2D eigenvalue weighted by Crippen LogP contribution is -2.17. The molecule has 5 aromatic rings. The lowest BCUT2D eigenvalue weighted by atomic mass is 10.0. The summed E-state index contributed by atoms with van der Waals surface area (Å²) in [5.41, 5.74) is 9.85. The Morgan fingerprint density at radius 2 is 1.77 bits per heavy atom. The van der Waals surface area contributed by atoms with Gasteiger partial charge in [-0.05, 0) is 48.0 Å². The van der Waals surface area contributed by atoms with Gasteiger partial charge in [-0.3, -0.25) is 14.3 Å². The van der Waals surface area contributed by atoms with E-state index in [-0.39, 0.29) is 5.56 Å². The van der Waals surface area contributed by atoms with Gasteiger partial charge in [-0.2, -0.15) is 0 Å². The number of anilines is 1. The number of ether oxygens (including phenoxy) is 1. The van der Waals surface area contributed by atoms with Crippen molar-refractivity contribution < 1.29 is 4.74 Å². The zero-order valence-electron chi connectivity index (χ0n) is 16.2. The van der Waals surface area contributed by atoms with Gasteiger partial charge in [0.2, 0.25) is 0 Å². The second-order valence-corrected chi connectivity index (χ2v) is 6.97. The first-order chi connectivity index (χ1) is 14.6. The first-order valence-electron chi connectivity index (χ1n) is 9.45. The van der Waals surface area contributed by atoms with Crippen molar-refractivity contribution in [2.24, 2.45) is 0 Å². The van der Waals surface area contributed by atoms with Gasteiger partial charge >= 0.3 is 0 Å². The lowest BCUT2D eigenvalue weighted by molar-refractivity contribution is 0.414. The monoisotopic (exact) mass is 394 g/mol. The minimum Gasteiger partial charge on any atom is -0.497 e. The third kappa shape index (κ3) is 2.95. The van der Waals surface area contributed by atoms with Crippen LogP contribution < -0.4 is 16.0 Å². The van der Waals surface area contributed by atoms with Crippen LogP contribution in [0.25, 0.3) is 38.6 Å². The average molecular weight is 394 g/mol. The Morgan fingerprint density at radius 1 is 0.900 bits per heavy atom. The normalized spacial score (nSPS) is 11.1. The highest BCUT2D eigenvalue weighted by atomic mass is 16.5. The van der Waals surface area contributed by atoms with E-state index >= 15 is 0 Å². The molecule has 0 aliphatic carbocycles. The number of pyridine rings is 3. The zero-order chi connectivity index (χ0) is 20.7. The van der Waals surface area contributed by atoms with E-state index in [9.17, 15) is 4.79 Å². The maximum absolute atomic E-state index is 12.9. The van der Waals surface area contributed by atoms with E-state index in [4.69, 9.17) is 10.5 Å². The number of methoxy groups -OCH3 is 1. The van der Waals surface area contributed by atoms with Crippen molar-refractivity contribution in [3.63, 3.8) is 0 Å². The van der Waals surface area contributed by atoms with E-state index in [1.54, 1.807) is 42.3 Å².